The Morgan fingerprint density at radius 2 is 1.59 bits per heavy atom. The minimum Gasteiger partial charge on any atom is -0.267 e. The predicted octanol–water partition coefficient (Wildman–Crippen LogP) is 4.13. The number of fused-ring (bicyclic) bond motifs is 1. The van der Waals surface area contributed by atoms with Gasteiger partial charge in [0.05, 0.1) is 11.1 Å². The highest BCUT2D eigenvalue weighted by molar-refractivity contribution is 7.91. The van der Waals surface area contributed by atoms with Crippen molar-refractivity contribution in [2.75, 3.05) is 5.75 Å². The smallest absolute Gasteiger partial charge is 0.267 e. The summed E-state index contributed by atoms with van der Waals surface area (Å²) < 4.78 is 26.3. The van der Waals surface area contributed by atoms with E-state index in [0.29, 0.717) is 28.9 Å². The van der Waals surface area contributed by atoms with Crippen LogP contribution in [0.1, 0.15) is 12.0 Å². The van der Waals surface area contributed by atoms with Gasteiger partial charge in [0.1, 0.15) is 10.7 Å². The molecular weight excluding hydrogens is 404 g/mol. The molecule has 0 radical (unpaired) electrons. The third-order valence-corrected chi connectivity index (χ3v) is 7.27. The van der Waals surface area contributed by atoms with Crippen molar-refractivity contribution >= 4 is 31.3 Å². The Balaban J connectivity index is 1.59. The van der Waals surface area contributed by atoms with Gasteiger partial charge in [-0.15, -0.1) is 11.3 Å². The molecule has 2 aromatic carbocycles. The van der Waals surface area contributed by atoms with Crippen LogP contribution in [0.25, 0.3) is 20.8 Å². The minimum absolute atomic E-state index is 0.0117. The van der Waals surface area contributed by atoms with Gasteiger partial charge in [-0.25, -0.2) is 13.4 Å². The maximum atomic E-state index is 12.7. The lowest BCUT2D eigenvalue weighted by atomic mass is 10.1. The molecular formula is C22H18N2O3S2. The van der Waals surface area contributed by atoms with Crippen LogP contribution < -0.4 is 5.56 Å². The fourth-order valence-electron chi connectivity index (χ4n) is 3.04. The first-order valence-corrected chi connectivity index (χ1v) is 11.6. The number of hydrogen-bond acceptors (Lipinski definition) is 6. The molecule has 2 aromatic heterocycles. The summed E-state index contributed by atoms with van der Waals surface area (Å²) in [6.07, 6.45) is 1.20. The van der Waals surface area contributed by atoms with Crippen LogP contribution in [-0.4, -0.2) is 24.1 Å². The van der Waals surface area contributed by atoms with Gasteiger partial charge in [0.2, 0.25) is 0 Å². The molecule has 0 aliphatic heterocycles. The largest absolute Gasteiger partial charge is 0.279 e. The molecule has 29 heavy (non-hydrogen) atoms. The number of rotatable bonds is 6. The zero-order valence-corrected chi connectivity index (χ0v) is 17.1. The second kappa shape index (κ2) is 8.23. The number of nitrogens with zero attached hydrogens (tertiary/aromatic N) is 2. The third kappa shape index (κ3) is 4.41. The summed E-state index contributed by atoms with van der Waals surface area (Å²) >= 11 is 1.32. The fraction of sp³-hybridized carbons (Fsp3) is 0.136. The molecule has 0 aliphatic rings. The lowest BCUT2D eigenvalue weighted by molar-refractivity contribution is 0.589. The topological polar surface area (TPSA) is 77.0 Å². The van der Waals surface area contributed by atoms with E-state index in [2.05, 4.69) is 9.97 Å². The average Bonchev–Trinajstić information content (AvgIpc) is 2.74. The van der Waals surface area contributed by atoms with Gasteiger partial charge in [-0.3, -0.25) is 4.79 Å². The first-order chi connectivity index (χ1) is 14.0. The van der Waals surface area contributed by atoms with Gasteiger partial charge in [0.25, 0.3) is 5.56 Å². The minimum atomic E-state index is -3.53. The first kappa shape index (κ1) is 19.4. The van der Waals surface area contributed by atoms with E-state index in [4.69, 9.17) is 0 Å². The van der Waals surface area contributed by atoms with Crippen LogP contribution in [-0.2, 0) is 16.3 Å². The molecule has 0 aliphatic carbocycles. The SMILES string of the molecule is O=c1nc(-c2cccc(S(=O)(=O)CCCc3ccccc3)n2)sc2ccccc12. The van der Waals surface area contributed by atoms with Gasteiger partial charge >= 0.3 is 0 Å². The van der Waals surface area contributed by atoms with E-state index < -0.39 is 9.84 Å². The van der Waals surface area contributed by atoms with Gasteiger partial charge in [0.15, 0.2) is 14.9 Å². The molecule has 0 saturated heterocycles. The van der Waals surface area contributed by atoms with E-state index in [-0.39, 0.29) is 16.3 Å². The predicted molar refractivity (Wildman–Crippen MR) is 116 cm³/mol. The lowest BCUT2D eigenvalue weighted by Gasteiger charge is -2.06. The number of aryl methyl sites for hydroxylation is 1. The maximum absolute atomic E-state index is 12.7. The highest BCUT2D eigenvalue weighted by Gasteiger charge is 2.17. The van der Waals surface area contributed by atoms with Gasteiger partial charge in [-0.05, 0) is 42.7 Å². The van der Waals surface area contributed by atoms with E-state index in [1.165, 1.54) is 17.4 Å². The lowest BCUT2D eigenvalue weighted by Crippen LogP contribution is -2.11. The molecule has 7 heteroatoms. The van der Waals surface area contributed by atoms with Gasteiger partial charge in [0, 0.05) is 4.70 Å². The molecule has 5 nitrogen and oxygen atoms in total. The number of sulfone groups is 1. The van der Waals surface area contributed by atoms with Crippen molar-refractivity contribution in [1.29, 1.82) is 0 Å². The Hall–Kier alpha value is -2.90. The van der Waals surface area contributed by atoms with Crippen LogP contribution in [0.3, 0.4) is 0 Å². The zero-order valence-electron chi connectivity index (χ0n) is 15.5. The number of pyridine rings is 1. The Bertz CT molecular complexity index is 1320. The summed E-state index contributed by atoms with van der Waals surface area (Å²) in [7, 11) is -3.53. The summed E-state index contributed by atoms with van der Waals surface area (Å²) in [5.74, 6) is 0.0136. The van der Waals surface area contributed by atoms with Crippen molar-refractivity contribution in [3.05, 3.63) is 88.7 Å². The second-order valence-electron chi connectivity index (χ2n) is 6.59. The summed E-state index contributed by atoms with van der Waals surface area (Å²) in [6, 6.07) is 21.8. The van der Waals surface area contributed by atoms with E-state index in [1.54, 1.807) is 24.3 Å². The Kier molecular flexibility index (Phi) is 5.51. The number of aromatic nitrogens is 2. The molecule has 0 atom stereocenters. The van der Waals surface area contributed by atoms with Crippen LogP contribution >= 0.6 is 11.3 Å². The van der Waals surface area contributed by atoms with Crippen molar-refractivity contribution < 1.29 is 8.42 Å². The monoisotopic (exact) mass is 422 g/mol. The van der Waals surface area contributed by atoms with Crippen LogP contribution in [0.2, 0.25) is 0 Å². The maximum Gasteiger partial charge on any atom is 0.279 e. The first-order valence-electron chi connectivity index (χ1n) is 9.17. The quantitative estimate of drug-likeness (QED) is 0.467. The van der Waals surface area contributed by atoms with Crippen molar-refractivity contribution in [3.63, 3.8) is 0 Å². The van der Waals surface area contributed by atoms with E-state index in [1.807, 2.05) is 42.5 Å². The van der Waals surface area contributed by atoms with Crippen molar-refractivity contribution in [2.24, 2.45) is 0 Å². The van der Waals surface area contributed by atoms with Crippen molar-refractivity contribution in [2.45, 2.75) is 17.9 Å². The highest BCUT2D eigenvalue weighted by atomic mass is 32.2. The summed E-state index contributed by atoms with van der Waals surface area (Å²) in [5, 5.41) is 0.971. The molecule has 0 spiro atoms. The average molecular weight is 423 g/mol. The summed E-state index contributed by atoms with van der Waals surface area (Å²) in [5.41, 5.74) is 1.16. The Morgan fingerprint density at radius 1 is 0.828 bits per heavy atom. The third-order valence-electron chi connectivity index (χ3n) is 4.51. The van der Waals surface area contributed by atoms with Gasteiger partial charge in [-0.1, -0.05) is 48.5 Å². The van der Waals surface area contributed by atoms with Gasteiger partial charge in [-0.2, -0.15) is 4.98 Å². The Morgan fingerprint density at radius 3 is 2.41 bits per heavy atom. The molecule has 0 saturated carbocycles. The van der Waals surface area contributed by atoms with Crippen LogP contribution in [0.5, 0.6) is 0 Å². The van der Waals surface area contributed by atoms with Crippen molar-refractivity contribution in [3.8, 4) is 10.7 Å². The van der Waals surface area contributed by atoms with E-state index >= 15 is 0 Å². The molecule has 0 amide bonds. The molecule has 4 aromatic rings. The normalized spacial score (nSPS) is 11.6. The molecule has 0 fully saturated rings. The van der Waals surface area contributed by atoms with E-state index in [9.17, 15) is 13.2 Å². The highest BCUT2D eigenvalue weighted by Crippen LogP contribution is 2.25. The number of benzene rings is 2. The second-order valence-corrected chi connectivity index (χ2v) is 9.68. The molecule has 0 bridgehead atoms. The molecule has 0 N–H and O–H groups in total. The zero-order chi connectivity index (χ0) is 20.3. The van der Waals surface area contributed by atoms with Crippen LogP contribution in [0, 0.1) is 0 Å². The molecule has 2 heterocycles. The number of hydrogen-bond donors (Lipinski definition) is 0. The van der Waals surface area contributed by atoms with Crippen LogP contribution in [0.15, 0.2) is 82.6 Å². The molecule has 4 rings (SSSR count). The fourth-order valence-corrected chi connectivity index (χ4v) is 5.27. The summed E-state index contributed by atoms with van der Waals surface area (Å²) in [6.45, 7) is 0. The molecule has 146 valence electrons. The van der Waals surface area contributed by atoms with E-state index in [0.717, 1.165) is 10.3 Å². The summed E-state index contributed by atoms with van der Waals surface area (Å²) in [4.78, 5) is 20.7. The van der Waals surface area contributed by atoms with Gasteiger partial charge < -0.3 is 0 Å². The van der Waals surface area contributed by atoms with Crippen LogP contribution in [0.4, 0.5) is 0 Å². The molecule has 0 unspecified atom stereocenters. The standard InChI is InChI=1S/C22H18N2O3S2/c25-21-17-11-4-5-13-19(17)28-22(24-21)18-12-6-14-20(23-18)29(26,27)15-7-10-16-8-2-1-3-9-16/h1-6,8-9,11-14H,7,10,15H2. The van der Waals surface area contributed by atoms with Crippen molar-refractivity contribution in [1.82, 2.24) is 9.97 Å². The Labute approximate surface area is 172 Å².